The highest BCUT2D eigenvalue weighted by molar-refractivity contribution is 9.10. The largest absolute Gasteiger partial charge is 0.481 e. The van der Waals surface area contributed by atoms with Crippen molar-refractivity contribution in [3.05, 3.63) is 28.5 Å². The van der Waals surface area contributed by atoms with Gasteiger partial charge in [-0.15, -0.1) is 0 Å². The van der Waals surface area contributed by atoms with Crippen LogP contribution in [-0.2, 0) is 4.79 Å². The maximum Gasteiger partial charge on any atom is 0.260 e. The molecule has 0 radical (unpaired) electrons. The van der Waals surface area contributed by atoms with Crippen LogP contribution in [0.5, 0.6) is 5.75 Å². The van der Waals surface area contributed by atoms with Crippen molar-refractivity contribution in [1.29, 1.82) is 0 Å². The lowest BCUT2D eigenvalue weighted by Crippen LogP contribution is -2.38. The van der Waals surface area contributed by atoms with E-state index < -0.39 is 5.82 Å². The van der Waals surface area contributed by atoms with Gasteiger partial charge in [0.25, 0.3) is 5.91 Å². The summed E-state index contributed by atoms with van der Waals surface area (Å²) in [7, 11) is 0. The highest BCUT2D eigenvalue weighted by Gasteiger charge is 2.17. The predicted octanol–water partition coefficient (Wildman–Crippen LogP) is 2.98. The second kappa shape index (κ2) is 6.18. The summed E-state index contributed by atoms with van der Waals surface area (Å²) < 4.78 is 19.3. The lowest BCUT2D eigenvalue weighted by Gasteiger charge is -2.26. The first-order chi connectivity index (χ1) is 8.66. The molecule has 3 nitrogen and oxygen atoms in total. The monoisotopic (exact) mass is 315 g/mol. The zero-order valence-corrected chi connectivity index (χ0v) is 11.6. The molecule has 0 unspecified atom stereocenters. The molecular weight excluding hydrogens is 301 g/mol. The van der Waals surface area contributed by atoms with Crippen molar-refractivity contribution in [2.75, 3.05) is 19.7 Å². The molecule has 1 aliphatic rings. The fraction of sp³-hybridized carbons (Fsp3) is 0.462. The normalized spacial score (nSPS) is 15.6. The molecule has 98 valence electrons. The van der Waals surface area contributed by atoms with Gasteiger partial charge >= 0.3 is 0 Å². The number of ether oxygens (including phenoxy) is 1. The van der Waals surface area contributed by atoms with Crippen LogP contribution in [-0.4, -0.2) is 30.5 Å². The number of nitrogens with zero attached hydrogens (tertiary/aromatic N) is 1. The van der Waals surface area contributed by atoms with Gasteiger partial charge in [-0.25, -0.2) is 4.39 Å². The highest BCUT2D eigenvalue weighted by atomic mass is 79.9. The number of rotatable bonds is 3. The first-order valence-electron chi connectivity index (χ1n) is 6.02. The number of benzene rings is 1. The first kappa shape index (κ1) is 13.3. The van der Waals surface area contributed by atoms with E-state index in [0.717, 1.165) is 25.9 Å². The van der Waals surface area contributed by atoms with Crippen molar-refractivity contribution in [1.82, 2.24) is 4.90 Å². The molecule has 1 amide bonds. The Hall–Kier alpha value is -1.10. The number of carbonyl (C=O) groups excluding carboxylic acids is 1. The third kappa shape index (κ3) is 3.45. The molecule has 0 atom stereocenters. The fourth-order valence-electron chi connectivity index (χ4n) is 1.97. The van der Waals surface area contributed by atoms with Gasteiger partial charge in [-0.05, 0) is 37.5 Å². The Balaban J connectivity index is 1.88. The number of hydrogen-bond acceptors (Lipinski definition) is 2. The number of carbonyl (C=O) groups is 1. The standard InChI is InChI=1S/C13H15BrFNO2/c14-10-4-5-12(11(15)8-10)18-9-13(17)16-6-2-1-3-7-16/h4-5,8H,1-3,6-7,9H2. The molecule has 0 N–H and O–H groups in total. The zero-order chi connectivity index (χ0) is 13.0. The molecule has 1 aliphatic heterocycles. The third-order valence-corrected chi connectivity index (χ3v) is 3.45. The van der Waals surface area contributed by atoms with Crippen molar-refractivity contribution in [3.8, 4) is 5.75 Å². The van der Waals surface area contributed by atoms with Gasteiger partial charge in [-0.1, -0.05) is 15.9 Å². The molecule has 0 saturated carbocycles. The number of halogens is 2. The van der Waals surface area contributed by atoms with Gasteiger partial charge in [0, 0.05) is 17.6 Å². The lowest BCUT2D eigenvalue weighted by molar-refractivity contribution is -0.134. The van der Waals surface area contributed by atoms with Crippen LogP contribution in [0.3, 0.4) is 0 Å². The highest BCUT2D eigenvalue weighted by Crippen LogP contribution is 2.21. The summed E-state index contributed by atoms with van der Waals surface area (Å²) in [6.07, 6.45) is 3.25. The molecule has 0 aromatic heterocycles. The summed E-state index contributed by atoms with van der Waals surface area (Å²) in [6, 6.07) is 4.52. The van der Waals surface area contributed by atoms with Crippen LogP contribution in [0, 0.1) is 5.82 Å². The summed E-state index contributed by atoms with van der Waals surface area (Å²) in [6.45, 7) is 1.47. The Kier molecular flexibility index (Phi) is 4.58. The number of amides is 1. The minimum Gasteiger partial charge on any atom is -0.481 e. The molecule has 0 bridgehead atoms. The van der Waals surface area contributed by atoms with E-state index in [1.165, 1.54) is 18.6 Å². The van der Waals surface area contributed by atoms with Crippen LogP contribution in [0.4, 0.5) is 4.39 Å². The maximum absolute atomic E-state index is 13.5. The lowest BCUT2D eigenvalue weighted by atomic mass is 10.1. The smallest absolute Gasteiger partial charge is 0.260 e. The quantitative estimate of drug-likeness (QED) is 0.858. The molecule has 1 heterocycles. The Morgan fingerprint density at radius 1 is 1.33 bits per heavy atom. The average Bonchev–Trinajstić information content (AvgIpc) is 2.38. The number of piperidine rings is 1. The Bertz CT molecular complexity index is 433. The van der Waals surface area contributed by atoms with Gasteiger partial charge in [-0.3, -0.25) is 4.79 Å². The summed E-state index contributed by atoms with van der Waals surface area (Å²) in [5, 5.41) is 0. The minimum absolute atomic E-state index is 0.0722. The Morgan fingerprint density at radius 2 is 2.06 bits per heavy atom. The van der Waals surface area contributed by atoms with Gasteiger partial charge in [-0.2, -0.15) is 0 Å². The Morgan fingerprint density at radius 3 is 2.72 bits per heavy atom. The molecule has 0 spiro atoms. The van der Waals surface area contributed by atoms with E-state index in [1.54, 1.807) is 11.0 Å². The molecule has 18 heavy (non-hydrogen) atoms. The summed E-state index contributed by atoms with van der Waals surface area (Å²) in [4.78, 5) is 13.6. The van der Waals surface area contributed by atoms with E-state index in [2.05, 4.69) is 15.9 Å². The minimum atomic E-state index is -0.462. The van der Waals surface area contributed by atoms with E-state index in [-0.39, 0.29) is 18.3 Å². The van der Waals surface area contributed by atoms with Crippen molar-refractivity contribution < 1.29 is 13.9 Å². The SMILES string of the molecule is O=C(COc1ccc(Br)cc1F)N1CCCCC1. The van der Waals surface area contributed by atoms with E-state index in [4.69, 9.17) is 4.74 Å². The van der Waals surface area contributed by atoms with E-state index >= 15 is 0 Å². The molecule has 1 aromatic rings. The van der Waals surface area contributed by atoms with E-state index in [1.807, 2.05) is 0 Å². The van der Waals surface area contributed by atoms with Crippen LogP contribution < -0.4 is 4.74 Å². The summed E-state index contributed by atoms with van der Waals surface area (Å²) >= 11 is 3.17. The van der Waals surface area contributed by atoms with Crippen molar-refractivity contribution in [2.45, 2.75) is 19.3 Å². The molecular formula is C13H15BrFNO2. The Labute approximate surface area is 114 Å². The first-order valence-corrected chi connectivity index (χ1v) is 6.82. The molecule has 5 heteroatoms. The van der Waals surface area contributed by atoms with Crippen molar-refractivity contribution in [3.63, 3.8) is 0 Å². The summed E-state index contributed by atoms with van der Waals surface area (Å²) in [5.74, 6) is -0.420. The molecule has 1 fully saturated rings. The van der Waals surface area contributed by atoms with Crippen LogP contribution >= 0.6 is 15.9 Å². The predicted molar refractivity (Wildman–Crippen MR) is 70.0 cm³/mol. The van der Waals surface area contributed by atoms with Crippen LogP contribution in [0.15, 0.2) is 22.7 Å². The second-order valence-corrected chi connectivity index (χ2v) is 5.22. The van der Waals surface area contributed by atoms with Crippen LogP contribution in [0.2, 0.25) is 0 Å². The third-order valence-electron chi connectivity index (χ3n) is 2.95. The number of hydrogen-bond donors (Lipinski definition) is 0. The van der Waals surface area contributed by atoms with Gasteiger partial charge in [0.1, 0.15) is 0 Å². The maximum atomic E-state index is 13.5. The van der Waals surface area contributed by atoms with Gasteiger partial charge in [0.15, 0.2) is 18.2 Å². The molecule has 1 aromatic carbocycles. The van der Waals surface area contributed by atoms with E-state index in [0.29, 0.717) is 4.47 Å². The summed E-state index contributed by atoms with van der Waals surface area (Å²) in [5.41, 5.74) is 0. The van der Waals surface area contributed by atoms with Crippen molar-refractivity contribution in [2.24, 2.45) is 0 Å². The number of likely N-dealkylation sites (tertiary alicyclic amines) is 1. The molecule has 2 rings (SSSR count). The fourth-order valence-corrected chi connectivity index (χ4v) is 2.30. The average molecular weight is 316 g/mol. The van der Waals surface area contributed by atoms with Gasteiger partial charge in [0.05, 0.1) is 0 Å². The molecule has 0 aliphatic carbocycles. The van der Waals surface area contributed by atoms with Crippen molar-refractivity contribution >= 4 is 21.8 Å². The topological polar surface area (TPSA) is 29.5 Å². The van der Waals surface area contributed by atoms with E-state index in [9.17, 15) is 9.18 Å². The molecule has 1 saturated heterocycles. The second-order valence-electron chi connectivity index (χ2n) is 4.30. The zero-order valence-electron chi connectivity index (χ0n) is 9.99. The van der Waals surface area contributed by atoms with Gasteiger partial charge in [0.2, 0.25) is 0 Å². The van der Waals surface area contributed by atoms with Gasteiger partial charge < -0.3 is 9.64 Å². The van der Waals surface area contributed by atoms with Crippen LogP contribution in [0.1, 0.15) is 19.3 Å². The van der Waals surface area contributed by atoms with Crippen LogP contribution in [0.25, 0.3) is 0 Å².